The summed E-state index contributed by atoms with van der Waals surface area (Å²) in [6.45, 7) is 2.53. The lowest BCUT2D eigenvalue weighted by atomic mass is 10.0. The van der Waals surface area contributed by atoms with E-state index >= 15 is 0 Å². The smallest absolute Gasteiger partial charge is 0.293 e. The number of nitrogens with zero attached hydrogens (tertiary/aromatic N) is 3. The number of nitro groups is 1. The van der Waals surface area contributed by atoms with Crippen molar-refractivity contribution in [1.29, 1.82) is 0 Å². The van der Waals surface area contributed by atoms with E-state index in [1.807, 2.05) is 98.8 Å². The highest BCUT2D eigenvalue weighted by molar-refractivity contribution is 7.99. The van der Waals surface area contributed by atoms with Crippen LogP contribution in [0.4, 0.5) is 17.1 Å². The fourth-order valence-electron chi connectivity index (χ4n) is 6.48. The fraction of sp³-hybridized carbons (Fsp3) is 0.273. The van der Waals surface area contributed by atoms with Crippen molar-refractivity contribution < 1.29 is 22.9 Å². The predicted molar refractivity (Wildman–Crippen MR) is 239 cm³/mol. The van der Waals surface area contributed by atoms with Gasteiger partial charge in [-0.15, -0.1) is 11.8 Å². The molecule has 0 bridgehead atoms. The highest BCUT2D eigenvalue weighted by Crippen LogP contribution is 2.30. The van der Waals surface area contributed by atoms with Crippen molar-refractivity contribution in [2.75, 3.05) is 56.7 Å². The second-order valence-corrected chi connectivity index (χ2v) is 17.4. The average molecular weight is 857 g/mol. The van der Waals surface area contributed by atoms with Gasteiger partial charge in [0.2, 0.25) is 0 Å². The Morgan fingerprint density at radius 3 is 2.24 bits per heavy atom. The van der Waals surface area contributed by atoms with Crippen LogP contribution in [0.2, 0.25) is 5.02 Å². The third-order valence-electron chi connectivity index (χ3n) is 9.82. The molecule has 1 atom stereocenters. The fourth-order valence-corrected chi connectivity index (χ4v) is 8.59. The lowest BCUT2D eigenvalue weighted by molar-refractivity contribution is -0.384. The van der Waals surface area contributed by atoms with Gasteiger partial charge < -0.3 is 20.4 Å². The molecule has 1 saturated heterocycles. The summed E-state index contributed by atoms with van der Waals surface area (Å²) >= 11 is 7.44. The summed E-state index contributed by atoms with van der Waals surface area (Å²) in [4.78, 5) is 40.1. The predicted octanol–water partition coefficient (Wildman–Crippen LogP) is 8.25. The Kier molecular flexibility index (Phi) is 16.5. The molecular weight excluding hydrogens is 808 g/mol. The number of halogens is 1. The molecule has 0 radical (unpaired) electrons. The molecule has 310 valence electrons. The van der Waals surface area contributed by atoms with Crippen molar-refractivity contribution in [2.45, 2.75) is 41.1 Å². The average Bonchev–Trinajstić information content (AvgIpc) is 3.25. The highest BCUT2D eigenvalue weighted by atomic mass is 35.5. The van der Waals surface area contributed by atoms with Crippen LogP contribution in [0.15, 0.2) is 131 Å². The summed E-state index contributed by atoms with van der Waals surface area (Å²) in [5, 5.41) is 19.3. The first-order chi connectivity index (χ1) is 28.4. The molecule has 1 amide bonds. The lowest BCUT2D eigenvalue weighted by Gasteiger charge is -2.33. The number of carbonyl (C=O) groups is 2. The van der Waals surface area contributed by atoms with Crippen LogP contribution >= 0.6 is 23.4 Å². The van der Waals surface area contributed by atoms with Gasteiger partial charge in [0, 0.05) is 63.7 Å². The summed E-state index contributed by atoms with van der Waals surface area (Å²) in [6.07, 6.45) is 3.61. The SMILES string of the molecule is CNC1CCN(c2ccc(C(=O)NS(=O)(=O)c3ccc(NC(CCN(C)C)CSc4ccccc4)c([N+](=O)[O-])c3)cc2)CC1.O=Cc1ccccc1-c1ccc(Cl)cc1. The first-order valence-electron chi connectivity index (χ1n) is 19.1. The summed E-state index contributed by atoms with van der Waals surface area (Å²) in [6, 6.07) is 35.6. The van der Waals surface area contributed by atoms with Gasteiger partial charge in [-0.25, -0.2) is 13.1 Å². The lowest BCUT2D eigenvalue weighted by Crippen LogP contribution is -2.41. The molecule has 3 N–H and O–H groups in total. The molecule has 12 nitrogen and oxygen atoms in total. The molecule has 5 aromatic carbocycles. The molecule has 1 heterocycles. The maximum Gasteiger partial charge on any atom is 0.293 e. The first-order valence-corrected chi connectivity index (χ1v) is 22.0. The zero-order chi connectivity index (χ0) is 42.4. The Hall–Kier alpha value is -5.25. The number of nitro benzene ring substituents is 1. The maximum absolute atomic E-state index is 13.1. The molecule has 0 saturated carbocycles. The Labute approximate surface area is 355 Å². The van der Waals surface area contributed by atoms with Gasteiger partial charge >= 0.3 is 0 Å². The van der Waals surface area contributed by atoms with E-state index in [0.29, 0.717) is 28.8 Å². The number of anilines is 2. The highest BCUT2D eigenvalue weighted by Gasteiger charge is 2.26. The molecule has 6 rings (SSSR count). The second-order valence-electron chi connectivity index (χ2n) is 14.2. The van der Waals surface area contributed by atoms with Crippen LogP contribution in [-0.4, -0.2) is 89.0 Å². The number of rotatable bonds is 16. The Balaban J connectivity index is 0.000000367. The van der Waals surface area contributed by atoms with Crippen LogP contribution in [0, 0.1) is 10.1 Å². The van der Waals surface area contributed by atoms with Gasteiger partial charge in [-0.3, -0.25) is 19.7 Å². The standard InChI is InChI=1S/C31H40N6O5S2.C13H9ClO/c1-32-24-16-19-36(20-17-24)26-11-9-23(10-12-26)31(38)34-44(41,42)28-13-14-29(30(21-28)37(39)40)33-25(15-18-35(2)3)22-43-27-7-5-4-6-8-27;14-12-7-5-10(6-8-12)13-4-2-1-3-11(13)9-15/h4-14,21,24-25,32-33H,15-20,22H2,1-3H3,(H,34,38);1-9H. The summed E-state index contributed by atoms with van der Waals surface area (Å²) < 4.78 is 28.3. The number of piperidine rings is 1. The third-order valence-corrected chi connectivity index (χ3v) is 12.6. The largest absolute Gasteiger partial charge is 0.376 e. The third kappa shape index (κ3) is 13.1. The van der Waals surface area contributed by atoms with Crippen LogP contribution in [0.3, 0.4) is 0 Å². The normalized spacial score (nSPS) is 13.5. The van der Waals surface area contributed by atoms with Crippen molar-refractivity contribution in [2.24, 2.45) is 0 Å². The van der Waals surface area contributed by atoms with Crippen molar-refractivity contribution in [3.05, 3.63) is 148 Å². The van der Waals surface area contributed by atoms with E-state index in [2.05, 4.69) is 20.3 Å². The maximum atomic E-state index is 13.1. The number of amides is 1. The van der Waals surface area contributed by atoms with E-state index in [9.17, 15) is 28.1 Å². The van der Waals surface area contributed by atoms with E-state index < -0.39 is 20.9 Å². The van der Waals surface area contributed by atoms with Crippen LogP contribution in [0.25, 0.3) is 11.1 Å². The van der Waals surface area contributed by atoms with Crippen LogP contribution in [0.5, 0.6) is 0 Å². The molecule has 0 aliphatic carbocycles. The van der Waals surface area contributed by atoms with Gasteiger partial charge in [0.05, 0.1) is 9.82 Å². The van der Waals surface area contributed by atoms with E-state index in [-0.39, 0.29) is 27.9 Å². The summed E-state index contributed by atoms with van der Waals surface area (Å²) in [7, 11) is 1.50. The van der Waals surface area contributed by atoms with E-state index in [1.165, 1.54) is 12.1 Å². The van der Waals surface area contributed by atoms with Crippen LogP contribution in [0.1, 0.15) is 40.0 Å². The number of hydrogen-bond acceptors (Lipinski definition) is 11. The van der Waals surface area contributed by atoms with Gasteiger partial charge in [0.15, 0.2) is 6.29 Å². The van der Waals surface area contributed by atoms with Gasteiger partial charge in [-0.2, -0.15) is 0 Å². The number of aldehydes is 1. The summed E-state index contributed by atoms with van der Waals surface area (Å²) in [5.41, 5.74) is 3.60. The molecule has 5 aromatic rings. The minimum atomic E-state index is -4.38. The molecule has 59 heavy (non-hydrogen) atoms. The zero-order valence-corrected chi connectivity index (χ0v) is 35.6. The molecular formula is C44H49ClN6O6S2. The Bertz CT molecular complexity index is 2270. The van der Waals surface area contributed by atoms with Gasteiger partial charge in [0.25, 0.3) is 21.6 Å². The number of hydrogen-bond donors (Lipinski definition) is 3. The van der Waals surface area contributed by atoms with Gasteiger partial charge in [0.1, 0.15) is 5.69 Å². The van der Waals surface area contributed by atoms with Gasteiger partial charge in [-0.1, -0.05) is 66.2 Å². The first kappa shape index (κ1) is 44.8. The minimum absolute atomic E-state index is 0.124. The van der Waals surface area contributed by atoms with Crippen molar-refractivity contribution in [1.82, 2.24) is 14.9 Å². The molecule has 15 heteroatoms. The van der Waals surface area contributed by atoms with Crippen molar-refractivity contribution >= 4 is 62.6 Å². The monoisotopic (exact) mass is 856 g/mol. The molecule has 0 spiro atoms. The van der Waals surface area contributed by atoms with Crippen molar-refractivity contribution in [3.8, 4) is 11.1 Å². The van der Waals surface area contributed by atoms with Crippen LogP contribution in [-0.2, 0) is 10.0 Å². The van der Waals surface area contributed by atoms with E-state index in [4.69, 9.17) is 11.6 Å². The molecule has 1 aliphatic rings. The number of thioether (sulfide) groups is 1. The second kappa shape index (κ2) is 21.7. The number of nitrogens with one attached hydrogen (secondary N) is 3. The molecule has 0 aromatic heterocycles. The van der Waals surface area contributed by atoms with E-state index in [1.54, 1.807) is 42.1 Å². The Morgan fingerprint density at radius 1 is 0.949 bits per heavy atom. The number of carbonyl (C=O) groups excluding carboxylic acids is 2. The molecule has 1 aliphatic heterocycles. The number of sulfonamides is 1. The molecule has 1 unspecified atom stereocenters. The topological polar surface area (TPSA) is 154 Å². The summed E-state index contributed by atoms with van der Waals surface area (Å²) in [5.74, 6) is -0.157. The Morgan fingerprint density at radius 2 is 1.61 bits per heavy atom. The van der Waals surface area contributed by atoms with Crippen LogP contribution < -0.4 is 20.3 Å². The zero-order valence-electron chi connectivity index (χ0n) is 33.2. The molecule has 1 fully saturated rings. The quantitative estimate of drug-likeness (QED) is 0.0381. The van der Waals surface area contributed by atoms with Crippen molar-refractivity contribution in [3.63, 3.8) is 0 Å². The minimum Gasteiger partial charge on any atom is -0.376 e. The van der Waals surface area contributed by atoms with Gasteiger partial charge in [-0.05, 0) is 119 Å². The van der Waals surface area contributed by atoms with E-state index in [0.717, 1.165) is 66.5 Å². The number of benzene rings is 5.